The van der Waals surface area contributed by atoms with Crippen LogP contribution in [0, 0.1) is 0 Å². The molecule has 1 heterocycles. The van der Waals surface area contributed by atoms with E-state index in [1.165, 1.54) is 18.4 Å². The summed E-state index contributed by atoms with van der Waals surface area (Å²) in [5, 5.41) is 1.72. The van der Waals surface area contributed by atoms with E-state index in [9.17, 15) is 4.79 Å². The second kappa shape index (κ2) is 3.07. The first-order valence-corrected chi connectivity index (χ1v) is 3.92. The van der Waals surface area contributed by atoms with Crippen LogP contribution in [0.2, 0.25) is 0 Å². The molecule has 0 amide bonds. The van der Waals surface area contributed by atoms with Gasteiger partial charge in [-0.2, -0.15) is 0 Å². The van der Waals surface area contributed by atoms with Gasteiger partial charge in [0.15, 0.2) is 0 Å². The largest absolute Gasteiger partial charge is 0.465 e. The SMILES string of the molecule is COC(=O)c1csc(S)c1. The minimum atomic E-state index is -0.309. The third-order valence-electron chi connectivity index (χ3n) is 1.01. The number of hydrogen-bond donors (Lipinski definition) is 1. The first-order valence-electron chi connectivity index (χ1n) is 2.60. The maximum atomic E-state index is 10.8. The Morgan fingerprint density at radius 1 is 1.80 bits per heavy atom. The summed E-state index contributed by atoms with van der Waals surface area (Å²) in [4.78, 5) is 10.8. The summed E-state index contributed by atoms with van der Waals surface area (Å²) in [5.41, 5.74) is 0.567. The highest BCUT2D eigenvalue weighted by Gasteiger charge is 2.05. The quantitative estimate of drug-likeness (QED) is 0.519. The summed E-state index contributed by atoms with van der Waals surface area (Å²) < 4.78 is 5.30. The maximum Gasteiger partial charge on any atom is 0.338 e. The van der Waals surface area contributed by atoms with Crippen LogP contribution in [0.1, 0.15) is 10.4 Å². The van der Waals surface area contributed by atoms with E-state index in [4.69, 9.17) is 0 Å². The number of rotatable bonds is 1. The van der Waals surface area contributed by atoms with Crippen LogP contribution >= 0.6 is 24.0 Å². The molecule has 0 N–H and O–H groups in total. The summed E-state index contributed by atoms with van der Waals surface area (Å²) in [5.74, 6) is -0.309. The molecule has 0 unspecified atom stereocenters. The monoisotopic (exact) mass is 174 g/mol. The van der Waals surface area contributed by atoms with Gasteiger partial charge in [0, 0.05) is 5.38 Å². The molecule has 0 aliphatic carbocycles. The van der Waals surface area contributed by atoms with Crippen LogP contribution in [0.15, 0.2) is 15.7 Å². The topological polar surface area (TPSA) is 26.3 Å². The van der Waals surface area contributed by atoms with Gasteiger partial charge in [-0.25, -0.2) is 4.79 Å². The van der Waals surface area contributed by atoms with Gasteiger partial charge in [0.05, 0.1) is 16.9 Å². The van der Waals surface area contributed by atoms with Gasteiger partial charge in [-0.1, -0.05) is 0 Å². The normalized spacial score (nSPS) is 9.40. The van der Waals surface area contributed by atoms with Crippen molar-refractivity contribution in [2.75, 3.05) is 7.11 Å². The minimum absolute atomic E-state index is 0.309. The van der Waals surface area contributed by atoms with E-state index in [0.29, 0.717) is 5.56 Å². The molecule has 54 valence electrons. The molecule has 0 aliphatic rings. The van der Waals surface area contributed by atoms with E-state index < -0.39 is 0 Å². The van der Waals surface area contributed by atoms with Crippen LogP contribution in [0.25, 0.3) is 0 Å². The lowest BCUT2D eigenvalue weighted by atomic mass is 10.3. The van der Waals surface area contributed by atoms with Crippen molar-refractivity contribution in [2.45, 2.75) is 4.21 Å². The van der Waals surface area contributed by atoms with Gasteiger partial charge in [-0.05, 0) is 6.07 Å². The molecule has 0 saturated heterocycles. The molecule has 0 bridgehead atoms. The number of thiophene rings is 1. The molecule has 0 aromatic carbocycles. The highest BCUT2D eigenvalue weighted by atomic mass is 32.2. The fourth-order valence-electron chi connectivity index (χ4n) is 0.550. The number of methoxy groups -OCH3 is 1. The van der Waals surface area contributed by atoms with Crippen molar-refractivity contribution in [2.24, 2.45) is 0 Å². The Kier molecular flexibility index (Phi) is 2.34. The van der Waals surface area contributed by atoms with Crippen molar-refractivity contribution in [3.05, 3.63) is 17.0 Å². The zero-order valence-electron chi connectivity index (χ0n) is 5.33. The molecule has 0 radical (unpaired) electrons. The average Bonchev–Trinajstić information content (AvgIpc) is 2.34. The Morgan fingerprint density at radius 2 is 2.50 bits per heavy atom. The maximum absolute atomic E-state index is 10.8. The first-order chi connectivity index (χ1) is 4.74. The van der Waals surface area contributed by atoms with Crippen LogP contribution in [-0.2, 0) is 4.74 Å². The Morgan fingerprint density at radius 3 is 2.90 bits per heavy atom. The minimum Gasteiger partial charge on any atom is -0.465 e. The molecule has 1 aromatic rings. The fourth-order valence-corrected chi connectivity index (χ4v) is 1.45. The van der Waals surface area contributed by atoms with E-state index >= 15 is 0 Å². The average molecular weight is 174 g/mol. The van der Waals surface area contributed by atoms with Crippen LogP contribution in [0.4, 0.5) is 0 Å². The van der Waals surface area contributed by atoms with Crippen molar-refractivity contribution in [3.8, 4) is 0 Å². The lowest BCUT2D eigenvalue weighted by Gasteiger charge is -1.90. The third-order valence-corrected chi connectivity index (χ3v) is 2.18. The smallest absolute Gasteiger partial charge is 0.338 e. The first kappa shape index (κ1) is 7.63. The predicted octanol–water partition coefficient (Wildman–Crippen LogP) is 1.82. The third kappa shape index (κ3) is 1.52. The van der Waals surface area contributed by atoms with E-state index in [1.54, 1.807) is 11.4 Å². The van der Waals surface area contributed by atoms with Gasteiger partial charge in [-0.3, -0.25) is 0 Å². The van der Waals surface area contributed by atoms with E-state index in [-0.39, 0.29) is 5.97 Å². The zero-order valence-corrected chi connectivity index (χ0v) is 7.04. The fraction of sp³-hybridized carbons (Fsp3) is 0.167. The molecule has 1 aromatic heterocycles. The van der Waals surface area contributed by atoms with E-state index in [2.05, 4.69) is 17.4 Å². The molecular weight excluding hydrogens is 168 g/mol. The molecule has 1 rings (SSSR count). The van der Waals surface area contributed by atoms with Crippen LogP contribution in [-0.4, -0.2) is 13.1 Å². The molecule has 2 nitrogen and oxygen atoms in total. The molecule has 0 saturated carbocycles. The number of carbonyl (C=O) groups excluding carboxylic acids is 1. The summed E-state index contributed by atoms with van der Waals surface area (Å²) in [6.07, 6.45) is 0. The molecule has 0 atom stereocenters. The van der Waals surface area contributed by atoms with Crippen molar-refractivity contribution in [3.63, 3.8) is 0 Å². The summed E-state index contributed by atoms with van der Waals surface area (Å²) in [6, 6.07) is 1.68. The Balaban J connectivity index is 2.85. The Bertz CT molecular complexity index is 242. The van der Waals surface area contributed by atoms with Gasteiger partial charge in [0.25, 0.3) is 0 Å². The molecule has 10 heavy (non-hydrogen) atoms. The Labute approximate surface area is 68.2 Å². The number of ether oxygens (including phenoxy) is 1. The molecule has 4 heteroatoms. The Hall–Kier alpha value is -0.480. The van der Waals surface area contributed by atoms with Crippen LogP contribution in [0.3, 0.4) is 0 Å². The van der Waals surface area contributed by atoms with Crippen molar-refractivity contribution in [1.29, 1.82) is 0 Å². The second-order valence-electron chi connectivity index (χ2n) is 1.67. The van der Waals surface area contributed by atoms with Gasteiger partial charge in [0.1, 0.15) is 0 Å². The van der Waals surface area contributed by atoms with Gasteiger partial charge in [0.2, 0.25) is 0 Å². The number of hydrogen-bond acceptors (Lipinski definition) is 4. The van der Waals surface area contributed by atoms with Gasteiger partial charge >= 0.3 is 5.97 Å². The van der Waals surface area contributed by atoms with Crippen LogP contribution < -0.4 is 0 Å². The van der Waals surface area contributed by atoms with Crippen LogP contribution in [0.5, 0.6) is 0 Å². The lowest BCUT2D eigenvalue weighted by molar-refractivity contribution is 0.0601. The lowest BCUT2D eigenvalue weighted by Crippen LogP contribution is -1.97. The summed E-state index contributed by atoms with van der Waals surface area (Å²) >= 11 is 5.46. The number of esters is 1. The van der Waals surface area contributed by atoms with Crippen molar-refractivity contribution >= 4 is 29.9 Å². The van der Waals surface area contributed by atoms with E-state index in [0.717, 1.165) is 4.21 Å². The zero-order chi connectivity index (χ0) is 7.56. The van der Waals surface area contributed by atoms with E-state index in [1.807, 2.05) is 0 Å². The number of carbonyl (C=O) groups is 1. The molecule has 0 aliphatic heterocycles. The molecule has 0 spiro atoms. The second-order valence-corrected chi connectivity index (χ2v) is 3.36. The van der Waals surface area contributed by atoms with Crippen molar-refractivity contribution < 1.29 is 9.53 Å². The highest BCUT2D eigenvalue weighted by molar-refractivity contribution is 7.82. The van der Waals surface area contributed by atoms with Crippen molar-refractivity contribution in [1.82, 2.24) is 0 Å². The van der Waals surface area contributed by atoms with Gasteiger partial charge in [-0.15, -0.1) is 24.0 Å². The summed E-state index contributed by atoms with van der Waals surface area (Å²) in [6.45, 7) is 0. The highest BCUT2D eigenvalue weighted by Crippen LogP contribution is 2.18. The standard InChI is InChI=1S/C6H6O2S2/c1-8-6(7)4-2-5(9)10-3-4/h2-3,9H,1H3. The summed E-state index contributed by atoms with van der Waals surface area (Å²) in [7, 11) is 1.36. The molecule has 0 fully saturated rings. The predicted molar refractivity (Wildman–Crippen MR) is 42.9 cm³/mol. The number of thiol groups is 1. The molecular formula is C6H6O2S2. The van der Waals surface area contributed by atoms with Gasteiger partial charge < -0.3 is 4.74 Å².